The maximum absolute atomic E-state index is 11.1. The number of carboxylic acid groups (broad SMARTS) is 1. The van der Waals surface area contributed by atoms with Crippen molar-refractivity contribution in [3.8, 4) is 5.75 Å². The van der Waals surface area contributed by atoms with E-state index in [2.05, 4.69) is 5.32 Å². The van der Waals surface area contributed by atoms with Gasteiger partial charge >= 0.3 is 5.97 Å². The number of hydrogen-bond donors (Lipinski definition) is 2. The average molecular weight is 298 g/mol. The predicted octanol–water partition coefficient (Wildman–Crippen LogP) is 2.81. The summed E-state index contributed by atoms with van der Waals surface area (Å²) in [6, 6.07) is 7.25. The standard InChI is InChI=1S/C15H20ClNO3/c16-12-4-6-13(7-5-12)20-9-8-17-10-11-2-1-3-14(11)15(18)19/h4-7,11,14,17H,1-3,8-10H2,(H,18,19). The van der Waals surface area contributed by atoms with Gasteiger partial charge in [-0.25, -0.2) is 0 Å². The molecule has 2 rings (SSSR count). The van der Waals surface area contributed by atoms with Crippen molar-refractivity contribution in [3.05, 3.63) is 29.3 Å². The van der Waals surface area contributed by atoms with Crippen LogP contribution in [0.25, 0.3) is 0 Å². The molecule has 0 saturated heterocycles. The first-order valence-electron chi connectivity index (χ1n) is 6.98. The number of carboxylic acids is 1. The number of nitrogens with one attached hydrogen (secondary N) is 1. The van der Waals surface area contributed by atoms with Crippen LogP contribution in [-0.4, -0.2) is 30.8 Å². The van der Waals surface area contributed by atoms with Crippen molar-refractivity contribution in [1.82, 2.24) is 5.32 Å². The van der Waals surface area contributed by atoms with Crippen LogP contribution in [0.2, 0.25) is 5.02 Å². The van der Waals surface area contributed by atoms with Crippen LogP contribution in [-0.2, 0) is 4.79 Å². The second-order valence-corrected chi connectivity index (χ2v) is 5.58. The lowest BCUT2D eigenvalue weighted by molar-refractivity contribution is -0.142. The Kier molecular flexibility index (Phi) is 5.68. The molecule has 110 valence electrons. The number of rotatable bonds is 7. The third kappa shape index (κ3) is 4.39. The number of aliphatic carboxylic acids is 1. The van der Waals surface area contributed by atoms with Crippen molar-refractivity contribution in [2.75, 3.05) is 19.7 Å². The van der Waals surface area contributed by atoms with Crippen molar-refractivity contribution in [1.29, 1.82) is 0 Å². The minimum atomic E-state index is -0.660. The quantitative estimate of drug-likeness (QED) is 0.760. The van der Waals surface area contributed by atoms with Gasteiger partial charge in [-0.05, 0) is 49.6 Å². The Morgan fingerprint density at radius 2 is 2.10 bits per heavy atom. The van der Waals surface area contributed by atoms with E-state index in [1.165, 1.54) is 0 Å². The van der Waals surface area contributed by atoms with Gasteiger partial charge in [0, 0.05) is 11.6 Å². The minimum Gasteiger partial charge on any atom is -0.492 e. The van der Waals surface area contributed by atoms with Crippen LogP contribution in [0.15, 0.2) is 24.3 Å². The van der Waals surface area contributed by atoms with E-state index in [1.807, 2.05) is 12.1 Å². The lowest BCUT2D eigenvalue weighted by Gasteiger charge is -2.16. The third-order valence-electron chi connectivity index (χ3n) is 3.74. The van der Waals surface area contributed by atoms with Gasteiger partial charge in [0.2, 0.25) is 0 Å². The zero-order valence-electron chi connectivity index (χ0n) is 11.3. The third-order valence-corrected chi connectivity index (χ3v) is 4.00. The summed E-state index contributed by atoms with van der Waals surface area (Å²) in [5, 5.41) is 13.1. The number of carbonyl (C=O) groups is 1. The number of ether oxygens (including phenoxy) is 1. The monoisotopic (exact) mass is 297 g/mol. The zero-order valence-corrected chi connectivity index (χ0v) is 12.1. The fourth-order valence-corrected chi connectivity index (χ4v) is 2.79. The molecular weight excluding hydrogens is 278 g/mol. The molecule has 0 aliphatic heterocycles. The van der Waals surface area contributed by atoms with E-state index >= 15 is 0 Å². The molecule has 0 radical (unpaired) electrons. The second kappa shape index (κ2) is 7.50. The molecule has 0 amide bonds. The van der Waals surface area contributed by atoms with Crippen LogP contribution in [0.4, 0.5) is 0 Å². The molecule has 1 aliphatic rings. The van der Waals surface area contributed by atoms with E-state index in [0.29, 0.717) is 18.2 Å². The molecule has 0 spiro atoms. The number of benzene rings is 1. The molecule has 1 saturated carbocycles. The van der Waals surface area contributed by atoms with Gasteiger partial charge in [-0.3, -0.25) is 4.79 Å². The van der Waals surface area contributed by atoms with Crippen LogP contribution in [0.3, 0.4) is 0 Å². The highest BCUT2D eigenvalue weighted by atomic mass is 35.5. The lowest BCUT2D eigenvalue weighted by Crippen LogP contribution is -2.31. The largest absolute Gasteiger partial charge is 0.492 e. The van der Waals surface area contributed by atoms with Crippen molar-refractivity contribution in [2.24, 2.45) is 11.8 Å². The average Bonchev–Trinajstić information content (AvgIpc) is 2.89. The molecule has 1 fully saturated rings. The van der Waals surface area contributed by atoms with Crippen molar-refractivity contribution >= 4 is 17.6 Å². The highest BCUT2D eigenvalue weighted by Crippen LogP contribution is 2.31. The highest BCUT2D eigenvalue weighted by Gasteiger charge is 2.32. The van der Waals surface area contributed by atoms with Crippen molar-refractivity contribution in [3.63, 3.8) is 0 Å². The summed E-state index contributed by atoms with van der Waals surface area (Å²) in [4.78, 5) is 11.1. The van der Waals surface area contributed by atoms with Crippen LogP contribution < -0.4 is 10.1 Å². The van der Waals surface area contributed by atoms with E-state index in [1.54, 1.807) is 12.1 Å². The Bertz CT molecular complexity index is 435. The number of hydrogen-bond acceptors (Lipinski definition) is 3. The first-order chi connectivity index (χ1) is 9.66. The van der Waals surface area contributed by atoms with Crippen LogP contribution >= 0.6 is 11.6 Å². The summed E-state index contributed by atoms with van der Waals surface area (Å²) in [7, 11) is 0. The summed E-state index contributed by atoms with van der Waals surface area (Å²) in [5.74, 6) is 0.204. The molecule has 2 N–H and O–H groups in total. The Balaban J connectivity index is 1.62. The zero-order chi connectivity index (χ0) is 14.4. The fraction of sp³-hybridized carbons (Fsp3) is 0.533. The molecule has 2 atom stereocenters. The Morgan fingerprint density at radius 3 is 2.80 bits per heavy atom. The molecule has 1 aromatic rings. The predicted molar refractivity (Wildman–Crippen MR) is 78.3 cm³/mol. The minimum absolute atomic E-state index is 0.181. The molecule has 0 heterocycles. The molecule has 4 nitrogen and oxygen atoms in total. The molecule has 2 unspecified atom stereocenters. The Labute approximate surface area is 124 Å². The molecule has 5 heteroatoms. The second-order valence-electron chi connectivity index (χ2n) is 5.14. The van der Waals surface area contributed by atoms with E-state index in [0.717, 1.165) is 31.6 Å². The van der Waals surface area contributed by atoms with Crippen LogP contribution in [0, 0.1) is 11.8 Å². The Hall–Kier alpha value is -1.26. The normalized spacial score (nSPS) is 21.9. The SMILES string of the molecule is O=C(O)C1CCCC1CNCCOc1ccc(Cl)cc1. The van der Waals surface area contributed by atoms with E-state index in [-0.39, 0.29) is 11.8 Å². The first-order valence-corrected chi connectivity index (χ1v) is 7.36. The smallest absolute Gasteiger partial charge is 0.306 e. The Morgan fingerprint density at radius 1 is 1.35 bits per heavy atom. The topological polar surface area (TPSA) is 58.6 Å². The maximum atomic E-state index is 11.1. The molecule has 1 aliphatic carbocycles. The van der Waals surface area contributed by atoms with Gasteiger partial charge in [0.05, 0.1) is 5.92 Å². The first kappa shape index (κ1) is 15.1. The van der Waals surface area contributed by atoms with Gasteiger partial charge in [-0.1, -0.05) is 18.0 Å². The molecule has 1 aromatic carbocycles. The van der Waals surface area contributed by atoms with Gasteiger partial charge in [-0.2, -0.15) is 0 Å². The van der Waals surface area contributed by atoms with Crippen LogP contribution in [0.5, 0.6) is 5.75 Å². The van der Waals surface area contributed by atoms with Gasteiger partial charge in [0.1, 0.15) is 12.4 Å². The van der Waals surface area contributed by atoms with Crippen molar-refractivity contribution in [2.45, 2.75) is 19.3 Å². The van der Waals surface area contributed by atoms with Gasteiger partial charge in [0.15, 0.2) is 0 Å². The summed E-state index contributed by atoms with van der Waals surface area (Å²) >= 11 is 5.79. The van der Waals surface area contributed by atoms with Gasteiger partial charge < -0.3 is 15.2 Å². The van der Waals surface area contributed by atoms with E-state index < -0.39 is 5.97 Å². The van der Waals surface area contributed by atoms with Crippen molar-refractivity contribution < 1.29 is 14.6 Å². The maximum Gasteiger partial charge on any atom is 0.306 e. The lowest BCUT2D eigenvalue weighted by atomic mass is 9.96. The number of halogens is 1. The highest BCUT2D eigenvalue weighted by molar-refractivity contribution is 6.30. The van der Waals surface area contributed by atoms with Gasteiger partial charge in [0.25, 0.3) is 0 Å². The van der Waals surface area contributed by atoms with E-state index in [9.17, 15) is 4.79 Å². The van der Waals surface area contributed by atoms with Gasteiger partial charge in [-0.15, -0.1) is 0 Å². The van der Waals surface area contributed by atoms with E-state index in [4.69, 9.17) is 21.4 Å². The fourth-order valence-electron chi connectivity index (χ4n) is 2.67. The summed E-state index contributed by atoms with van der Waals surface area (Å²) in [5.41, 5.74) is 0. The summed E-state index contributed by atoms with van der Waals surface area (Å²) < 4.78 is 5.56. The summed E-state index contributed by atoms with van der Waals surface area (Å²) in [6.45, 7) is 2.03. The molecule has 20 heavy (non-hydrogen) atoms. The summed E-state index contributed by atoms with van der Waals surface area (Å²) in [6.07, 6.45) is 2.83. The molecular formula is C15H20ClNO3. The van der Waals surface area contributed by atoms with Crippen LogP contribution in [0.1, 0.15) is 19.3 Å². The molecule has 0 aromatic heterocycles. The molecule has 0 bridgehead atoms.